The maximum atomic E-state index is 12.8. The molecule has 4 rings (SSSR count). The minimum absolute atomic E-state index is 0.145. The largest absolute Gasteiger partial charge is 0.489 e. The fourth-order valence-electron chi connectivity index (χ4n) is 3.14. The Kier molecular flexibility index (Phi) is 14.4. The molecule has 0 fully saturated rings. The van der Waals surface area contributed by atoms with Crippen LogP contribution < -0.4 is 10.3 Å². The van der Waals surface area contributed by atoms with Crippen molar-refractivity contribution in [3.05, 3.63) is 113 Å². The monoisotopic (exact) mass is 502 g/mol. The molecule has 0 atom stereocenters. The van der Waals surface area contributed by atoms with Gasteiger partial charge in [0.15, 0.2) is 0 Å². The van der Waals surface area contributed by atoms with Crippen molar-refractivity contribution in [3.63, 3.8) is 0 Å². The number of carbonyl (C=O) groups is 1. The average molecular weight is 503 g/mol. The van der Waals surface area contributed by atoms with Crippen LogP contribution in [0.1, 0.15) is 57.5 Å². The Labute approximate surface area is 220 Å². The first kappa shape index (κ1) is 30.8. The number of rotatable bonds is 7. The first-order valence-corrected chi connectivity index (χ1v) is 12.7. The van der Waals surface area contributed by atoms with Gasteiger partial charge >= 0.3 is 5.97 Å². The number of hydrogen-bond acceptors (Lipinski definition) is 5. The second-order valence-electron chi connectivity index (χ2n) is 6.81. The number of esters is 1. The van der Waals surface area contributed by atoms with Crippen LogP contribution in [-0.2, 0) is 11.3 Å². The van der Waals surface area contributed by atoms with E-state index in [1.807, 2.05) is 77.9 Å². The molecule has 0 bridgehead atoms. The van der Waals surface area contributed by atoms with Gasteiger partial charge in [0.2, 0.25) is 0 Å². The lowest BCUT2D eigenvalue weighted by Crippen LogP contribution is -2.18. The molecule has 1 heterocycles. The standard InChI is InChI=1S/C25H20N2O4.3C2H6/c1-2-13-30-25(29)19-8-6-7-18(14-19)16-31-21-11-12-22-23(15-21)26-17-27(24(22)28)20-9-4-3-5-10-20;3*1-2/h2-12,14-15,17H,1,13,16H2;3*1-2H3. The number of nitrogens with zero attached hydrogens (tertiary/aromatic N) is 2. The first-order valence-electron chi connectivity index (χ1n) is 12.7. The molecule has 0 aliphatic rings. The number of aromatic nitrogens is 2. The fraction of sp³-hybridized carbons (Fsp3) is 0.258. The third-order valence-corrected chi connectivity index (χ3v) is 4.67. The summed E-state index contributed by atoms with van der Waals surface area (Å²) >= 11 is 0. The molecule has 6 nitrogen and oxygen atoms in total. The van der Waals surface area contributed by atoms with E-state index in [1.165, 1.54) is 17.0 Å². The Morgan fingerprint density at radius 1 is 0.919 bits per heavy atom. The van der Waals surface area contributed by atoms with Gasteiger partial charge in [-0.25, -0.2) is 9.78 Å². The van der Waals surface area contributed by atoms with Crippen molar-refractivity contribution in [1.29, 1.82) is 0 Å². The topological polar surface area (TPSA) is 70.4 Å². The highest BCUT2D eigenvalue weighted by atomic mass is 16.5. The normalized spacial score (nSPS) is 9.35. The number of ether oxygens (including phenoxy) is 2. The molecule has 0 spiro atoms. The highest BCUT2D eigenvalue weighted by Gasteiger charge is 2.09. The van der Waals surface area contributed by atoms with Crippen LogP contribution in [0.3, 0.4) is 0 Å². The molecular weight excluding hydrogens is 464 g/mol. The van der Waals surface area contributed by atoms with Gasteiger partial charge in [0.05, 0.1) is 22.2 Å². The molecule has 4 aromatic rings. The number of hydrogen-bond donors (Lipinski definition) is 0. The SMILES string of the molecule is C=CCOC(=O)c1cccc(COc2ccc3c(=O)n(-c4ccccc4)cnc3c2)c1.CC.CC.CC. The molecule has 196 valence electrons. The van der Waals surface area contributed by atoms with Gasteiger partial charge in [-0.05, 0) is 42.0 Å². The molecule has 37 heavy (non-hydrogen) atoms. The molecule has 0 unspecified atom stereocenters. The van der Waals surface area contributed by atoms with E-state index in [1.54, 1.807) is 36.4 Å². The van der Waals surface area contributed by atoms with Gasteiger partial charge in [0, 0.05) is 6.07 Å². The van der Waals surface area contributed by atoms with Crippen LogP contribution in [0.5, 0.6) is 5.75 Å². The quantitative estimate of drug-likeness (QED) is 0.195. The van der Waals surface area contributed by atoms with Gasteiger partial charge in [0.25, 0.3) is 5.56 Å². The molecule has 6 heteroatoms. The van der Waals surface area contributed by atoms with Crippen LogP contribution in [0.15, 0.2) is 96.6 Å². The van der Waals surface area contributed by atoms with Crippen LogP contribution in [0.4, 0.5) is 0 Å². The molecule has 0 N–H and O–H groups in total. The summed E-state index contributed by atoms with van der Waals surface area (Å²) in [7, 11) is 0. The summed E-state index contributed by atoms with van der Waals surface area (Å²) < 4.78 is 12.4. The van der Waals surface area contributed by atoms with E-state index in [-0.39, 0.29) is 18.8 Å². The predicted octanol–water partition coefficient (Wildman–Crippen LogP) is 7.39. The van der Waals surface area contributed by atoms with Gasteiger partial charge in [0.1, 0.15) is 25.3 Å². The van der Waals surface area contributed by atoms with E-state index in [9.17, 15) is 9.59 Å². The molecule has 0 amide bonds. The summed E-state index contributed by atoms with van der Waals surface area (Å²) in [5.74, 6) is 0.169. The summed E-state index contributed by atoms with van der Waals surface area (Å²) in [5.41, 5.74) is 2.43. The Balaban J connectivity index is 0.00000106. The summed E-state index contributed by atoms with van der Waals surface area (Å²) in [5, 5.41) is 0.505. The molecule has 0 saturated carbocycles. The number of para-hydroxylation sites is 1. The zero-order chi connectivity index (χ0) is 27.6. The van der Waals surface area contributed by atoms with Gasteiger partial charge in [-0.3, -0.25) is 9.36 Å². The fourth-order valence-corrected chi connectivity index (χ4v) is 3.14. The van der Waals surface area contributed by atoms with E-state index >= 15 is 0 Å². The molecule has 0 aliphatic carbocycles. The smallest absolute Gasteiger partial charge is 0.338 e. The summed E-state index contributed by atoms with van der Waals surface area (Å²) in [6.45, 7) is 16.0. The molecule has 3 aromatic carbocycles. The van der Waals surface area contributed by atoms with Gasteiger partial charge in [-0.1, -0.05) is 84.5 Å². The lowest BCUT2D eigenvalue weighted by molar-refractivity contribution is 0.0549. The van der Waals surface area contributed by atoms with Gasteiger partial charge < -0.3 is 9.47 Å². The highest BCUT2D eigenvalue weighted by molar-refractivity contribution is 5.89. The van der Waals surface area contributed by atoms with E-state index in [0.29, 0.717) is 22.2 Å². The number of fused-ring (bicyclic) bond motifs is 1. The predicted molar refractivity (Wildman–Crippen MR) is 153 cm³/mol. The average Bonchev–Trinajstić information content (AvgIpc) is 2.98. The lowest BCUT2D eigenvalue weighted by Gasteiger charge is -2.10. The minimum atomic E-state index is -0.411. The van der Waals surface area contributed by atoms with Crippen LogP contribution in [0, 0.1) is 0 Å². The summed E-state index contributed by atoms with van der Waals surface area (Å²) in [6, 6.07) is 21.6. The van der Waals surface area contributed by atoms with Crippen molar-refractivity contribution in [2.75, 3.05) is 6.61 Å². The van der Waals surface area contributed by atoms with Gasteiger partial charge in [-0.15, -0.1) is 0 Å². The van der Waals surface area contributed by atoms with Gasteiger partial charge in [-0.2, -0.15) is 0 Å². The third kappa shape index (κ3) is 8.76. The van der Waals surface area contributed by atoms with Crippen molar-refractivity contribution in [1.82, 2.24) is 9.55 Å². The molecule has 1 aromatic heterocycles. The Morgan fingerprint density at radius 2 is 1.62 bits per heavy atom. The Bertz CT molecular complexity index is 1300. The Morgan fingerprint density at radius 3 is 2.30 bits per heavy atom. The van der Waals surface area contributed by atoms with Crippen molar-refractivity contribution in [3.8, 4) is 11.4 Å². The minimum Gasteiger partial charge on any atom is -0.489 e. The summed E-state index contributed by atoms with van der Waals surface area (Å²) in [6.07, 6.45) is 3.04. The Hall–Kier alpha value is -4.19. The second-order valence-corrected chi connectivity index (χ2v) is 6.81. The van der Waals surface area contributed by atoms with Crippen molar-refractivity contribution in [2.45, 2.75) is 48.1 Å². The van der Waals surface area contributed by atoms with E-state index in [0.717, 1.165) is 11.3 Å². The number of carbonyl (C=O) groups excluding carboxylic acids is 1. The lowest BCUT2D eigenvalue weighted by atomic mass is 10.1. The van der Waals surface area contributed by atoms with Crippen LogP contribution in [0.25, 0.3) is 16.6 Å². The van der Waals surface area contributed by atoms with Crippen LogP contribution >= 0.6 is 0 Å². The van der Waals surface area contributed by atoms with Crippen LogP contribution in [0.2, 0.25) is 0 Å². The number of benzene rings is 3. The van der Waals surface area contributed by atoms with E-state index in [2.05, 4.69) is 11.6 Å². The van der Waals surface area contributed by atoms with E-state index in [4.69, 9.17) is 9.47 Å². The molecule has 0 radical (unpaired) electrons. The zero-order valence-electron chi connectivity index (χ0n) is 22.7. The van der Waals surface area contributed by atoms with E-state index < -0.39 is 5.97 Å². The molecular formula is C31H38N2O4. The maximum Gasteiger partial charge on any atom is 0.338 e. The van der Waals surface area contributed by atoms with Crippen LogP contribution in [-0.4, -0.2) is 22.1 Å². The van der Waals surface area contributed by atoms with Crippen molar-refractivity contribution < 1.29 is 14.3 Å². The molecule has 0 aliphatic heterocycles. The highest BCUT2D eigenvalue weighted by Crippen LogP contribution is 2.19. The summed E-state index contributed by atoms with van der Waals surface area (Å²) in [4.78, 5) is 29.2. The second kappa shape index (κ2) is 17.3. The first-order chi connectivity index (χ1) is 18.2. The third-order valence-electron chi connectivity index (χ3n) is 4.67. The zero-order valence-corrected chi connectivity index (χ0v) is 22.7. The van der Waals surface area contributed by atoms with Crippen molar-refractivity contribution in [2.24, 2.45) is 0 Å². The maximum absolute atomic E-state index is 12.8. The molecule has 0 saturated heterocycles. The van der Waals surface area contributed by atoms with Crippen molar-refractivity contribution >= 4 is 16.9 Å².